The molecule has 0 bridgehead atoms. The SMILES string of the molecule is COc1ccc(OC)c(CCC(=O)Nc2c(C)noc2C)c1. The second kappa shape index (κ2) is 6.98. The molecule has 2 aromatic rings. The molecule has 22 heavy (non-hydrogen) atoms. The van der Waals surface area contributed by atoms with E-state index < -0.39 is 0 Å². The summed E-state index contributed by atoms with van der Waals surface area (Å²) in [4.78, 5) is 12.1. The topological polar surface area (TPSA) is 73.6 Å². The molecule has 1 aromatic carbocycles. The van der Waals surface area contributed by atoms with Crippen LogP contribution in [-0.4, -0.2) is 25.3 Å². The Hall–Kier alpha value is -2.50. The third kappa shape index (κ3) is 3.58. The Morgan fingerprint density at radius 1 is 1.27 bits per heavy atom. The summed E-state index contributed by atoms with van der Waals surface area (Å²) in [5.41, 5.74) is 2.24. The normalized spacial score (nSPS) is 10.4. The molecule has 1 N–H and O–H groups in total. The van der Waals surface area contributed by atoms with Gasteiger partial charge in [-0.1, -0.05) is 5.16 Å². The van der Waals surface area contributed by atoms with Crippen molar-refractivity contribution in [2.24, 2.45) is 0 Å². The standard InChI is InChI=1S/C16H20N2O4/c1-10-16(11(2)22-18-10)17-15(19)8-5-12-9-13(20-3)6-7-14(12)21-4/h6-7,9H,5,8H2,1-4H3,(H,17,19). The van der Waals surface area contributed by atoms with Gasteiger partial charge in [0.1, 0.15) is 22.9 Å². The number of ether oxygens (including phenoxy) is 2. The lowest BCUT2D eigenvalue weighted by atomic mass is 10.1. The number of methoxy groups -OCH3 is 2. The molecule has 0 unspecified atom stereocenters. The molecular formula is C16H20N2O4. The predicted molar refractivity (Wildman–Crippen MR) is 82.5 cm³/mol. The number of hydrogen-bond acceptors (Lipinski definition) is 5. The number of carbonyl (C=O) groups is 1. The van der Waals surface area contributed by atoms with Crippen LogP contribution in [0, 0.1) is 13.8 Å². The third-order valence-electron chi connectivity index (χ3n) is 3.41. The highest BCUT2D eigenvalue weighted by Crippen LogP contribution is 2.25. The number of aryl methyl sites for hydroxylation is 3. The van der Waals surface area contributed by atoms with Crippen molar-refractivity contribution in [2.75, 3.05) is 19.5 Å². The average Bonchev–Trinajstić information content (AvgIpc) is 2.84. The monoisotopic (exact) mass is 304 g/mol. The fourth-order valence-electron chi connectivity index (χ4n) is 2.19. The molecule has 0 saturated heterocycles. The lowest BCUT2D eigenvalue weighted by Crippen LogP contribution is -2.13. The maximum atomic E-state index is 12.1. The van der Waals surface area contributed by atoms with E-state index >= 15 is 0 Å². The van der Waals surface area contributed by atoms with Gasteiger partial charge >= 0.3 is 0 Å². The molecule has 1 aromatic heterocycles. The zero-order valence-corrected chi connectivity index (χ0v) is 13.2. The van der Waals surface area contributed by atoms with Crippen molar-refractivity contribution in [2.45, 2.75) is 26.7 Å². The van der Waals surface area contributed by atoms with Gasteiger partial charge < -0.3 is 19.3 Å². The molecule has 0 aliphatic carbocycles. The lowest BCUT2D eigenvalue weighted by molar-refractivity contribution is -0.116. The highest BCUT2D eigenvalue weighted by atomic mass is 16.5. The number of amides is 1. The zero-order chi connectivity index (χ0) is 16.1. The van der Waals surface area contributed by atoms with Crippen LogP contribution in [0.15, 0.2) is 22.7 Å². The minimum Gasteiger partial charge on any atom is -0.497 e. The van der Waals surface area contributed by atoms with E-state index in [1.165, 1.54) is 0 Å². The first-order valence-electron chi connectivity index (χ1n) is 6.98. The van der Waals surface area contributed by atoms with Crippen LogP contribution in [0.3, 0.4) is 0 Å². The molecule has 6 heteroatoms. The molecule has 1 heterocycles. The van der Waals surface area contributed by atoms with Crippen molar-refractivity contribution in [1.82, 2.24) is 5.16 Å². The van der Waals surface area contributed by atoms with Crippen molar-refractivity contribution in [3.8, 4) is 11.5 Å². The molecule has 0 saturated carbocycles. The van der Waals surface area contributed by atoms with E-state index in [4.69, 9.17) is 14.0 Å². The van der Waals surface area contributed by atoms with E-state index in [9.17, 15) is 4.79 Å². The largest absolute Gasteiger partial charge is 0.497 e. The second-order valence-electron chi connectivity index (χ2n) is 4.93. The summed E-state index contributed by atoms with van der Waals surface area (Å²) in [6.45, 7) is 3.55. The van der Waals surface area contributed by atoms with Crippen LogP contribution in [0.5, 0.6) is 11.5 Å². The van der Waals surface area contributed by atoms with Gasteiger partial charge in [0.2, 0.25) is 5.91 Å². The zero-order valence-electron chi connectivity index (χ0n) is 13.2. The Balaban J connectivity index is 2.02. The van der Waals surface area contributed by atoms with Gasteiger partial charge in [0.05, 0.1) is 14.2 Å². The van der Waals surface area contributed by atoms with Gasteiger partial charge in [-0.2, -0.15) is 0 Å². The van der Waals surface area contributed by atoms with Crippen LogP contribution in [0.1, 0.15) is 23.4 Å². The number of carbonyl (C=O) groups excluding carboxylic acids is 1. The molecule has 2 rings (SSSR count). The smallest absolute Gasteiger partial charge is 0.224 e. The molecule has 118 valence electrons. The van der Waals surface area contributed by atoms with Gasteiger partial charge in [-0.3, -0.25) is 4.79 Å². The molecule has 0 atom stereocenters. The van der Waals surface area contributed by atoms with Crippen LogP contribution < -0.4 is 14.8 Å². The number of nitrogens with zero attached hydrogens (tertiary/aromatic N) is 1. The molecule has 0 spiro atoms. The number of aromatic nitrogens is 1. The lowest BCUT2D eigenvalue weighted by Gasteiger charge is -2.10. The molecular weight excluding hydrogens is 284 g/mol. The van der Waals surface area contributed by atoms with Gasteiger partial charge in [-0.25, -0.2) is 0 Å². The number of benzene rings is 1. The summed E-state index contributed by atoms with van der Waals surface area (Å²) in [5.74, 6) is 1.98. The Labute approximate surface area is 129 Å². The van der Waals surface area contributed by atoms with E-state index in [0.29, 0.717) is 30.0 Å². The van der Waals surface area contributed by atoms with Gasteiger partial charge in [-0.15, -0.1) is 0 Å². The van der Waals surface area contributed by atoms with Crippen LogP contribution in [0.2, 0.25) is 0 Å². The van der Waals surface area contributed by atoms with Gasteiger partial charge in [0, 0.05) is 6.42 Å². The van der Waals surface area contributed by atoms with Crippen molar-refractivity contribution < 1.29 is 18.8 Å². The summed E-state index contributed by atoms with van der Waals surface area (Å²) in [7, 11) is 3.21. The number of anilines is 1. The minimum atomic E-state index is -0.0979. The molecule has 0 radical (unpaired) electrons. The maximum Gasteiger partial charge on any atom is 0.224 e. The first-order chi connectivity index (χ1) is 10.5. The Kier molecular flexibility index (Phi) is 5.04. The Morgan fingerprint density at radius 3 is 2.64 bits per heavy atom. The second-order valence-corrected chi connectivity index (χ2v) is 4.93. The summed E-state index contributed by atoms with van der Waals surface area (Å²) in [6.07, 6.45) is 0.878. The average molecular weight is 304 g/mol. The summed E-state index contributed by atoms with van der Waals surface area (Å²) < 4.78 is 15.5. The van der Waals surface area contributed by atoms with Crippen molar-refractivity contribution >= 4 is 11.6 Å². The fraction of sp³-hybridized carbons (Fsp3) is 0.375. The summed E-state index contributed by atoms with van der Waals surface area (Å²) in [5, 5.41) is 6.64. The molecule has 1 amide bonds. The minimum absolute atomic E-state index is 0.0979. The summed E-state index contributed by atoms with van der Waals surface area (Å²) in [6, 6.07) is 5.54. The van der Waals surface area contributed by atoms with Gasteiger partial charge in [0.15, 0.2) is 5.76 Å². The maximum absolute atomic E-state index is 12.1. The first-order valence-corrected chi connectivity index (χ1v) is 6.98. The summed E-state index contributed by atoms with van der Waals surface area (Å²) >= 11 is 0. The van der Waals surface area contributed by atoms with Crippen LogP contribution in [0.25, 0.3) is 0 Å². The van der Waals surface area contributed by atoms with E-state index in [1.54, 1.807) is 28.1 Å². The van der Waals surface area contributed by atoms with Crippen molar-refractivity contribution in [3.63, 3.8) is 0 Å². The van der Waals surface area contributed by atoms with Crippen LogP contribution in [-0.2, 0) is 11.2 Å². The van der Waals surface area contributed by atoms with E-state index in [0.717, 1.165) is 17.1 Å². The van der Waals surface area contributed by atoms with Crippen LogP contribution >= 0.6 is 0 Å². The van der Waals surface area contributed by atoms with Gasteiger partial charge in [-0.05, 0) is 44.0 Å². The quantitative estimate of drug-likeness (QED) is 0.888. The third-order valence-corrected chi connectivity index (χ3v) is 3.41. The van der Waals surface area contributed by atoms with E-state index in [1.807, 2.05) is 18.2 Å². The molecule has 0 aliphatic heterocycles. The van der Waals surface area contributed by atoms with E-state index in [2.05, 4.69) is 10.5 Å². The van der Waals surface area contributed by atoms with E-state index in [-0.39, 0.29) is 5.91 Å². The molecule has 0 fully saturated rings. The number of nitrogens with one attached hydrogen (secondary N) is 1. The molecule has 0 aliphatic rings. The number of hydrogen-bond donors (Lipinski definition) is 1. The van der Waals surface area contributed by atoms with Crippen molar-refractivity contribution in [1.29, 1.82) is 0 Å². The molecule has 6 nitrogen and oxygen atoms in total. The van der Waals surface area contributed by atoms with Gasteiger partial charge in [0.25, 0.3) is 0 Å². The Bertz CT molecular complexity index is 645. The highest BCUT2D eigenvalue weighted by molar-refractivity contribution is 5.91. The number of rotatable bonds is 6. The van der Waals surface area contributed by atoms with Crippen LogP contribution in [0.4, 0.5) is 5.69 Å². The van der Waals surface area contributed by atoms with Crippen molar-refractivity contribution in [3.05, 3.63) is 35.2 Å². The Morgan fingerprint density at radius 2 is 2.05 bits per heavy atom. The fourth-order valence-corrected chi connectivity index (χ4v) is 2.19. The first kappa shape index (κ1) is 15.9. The highest BCUT2D eigenvalue weighted by Gasteiger charge is 2.13. The predicted octanol–water partition coefficient (Wildman–Crippen LogP) is 2.88.